The molecule has 1 amide bonds. The molecule has 0 spiro atoms. The molecule has 0 unspecified atom stereocenters. The van der Waals surface area contributed by atoms with E-state index >= 15 is 0 Å². The monoisotopic (exact) mass is 287 g/mol. The summed E-state index contributed by atoms with van der Waals surface area (Å²) >= 11 is 0. The molecule has 0 radical (unpaired) electrons. The molecule has 2 aromatic carbocycles. The van der Waals surface area contributed by atoms with E-state index in [0.717, 1.165) is 11.1 Å². The number of phenolic OH excluding ortho intramolecular Hbond substituents is 1. The first-order chi connectivity index (χ1) is 9.97. The van der Waals surface area contributed by atoms with Crippen LogP contribution in [-0.2, 0) is 6.42 Å². The highest BCUT2D eigenvalue weighted by Gasteiger charge is 2.07. The van der Waals surface area contributed by atoms with E-state index in [1.165, 1.54) is 18.2 Å². The summed E-state index contributed by atoms with van der Waals surface area (Å²) in [7, 11) is 0. The Labute approximate surface area is 123 Å². The van der Waals surface area contributed by atoms with Gasteiger partial charge in [-0.2, -0.15) is 0 Å². The molecule has 0 heterocycles. The summed E-state index contributed by atoms with van der Waals surface area (Å²) in [4.78, 5) is 12.0. The van der Waals surface area contributed by atoms with Crippen LogP contribution in [0.1, 0.15) is 27.0 Å². The minimum Gasteiger partial charge on any atom is -0.508 e. The first kappa shape index (κ1) is 15.0. The largest absolute Gasteiger partial charge is 0.508 e. The Morgan fingerprint density at radius 2 is 1.90 bits per heavy atom. The minimum atomic E-state index is -0.250. The van der Waals surface area contributed by atoms with Crippen LogP contribution in [0, 0.1) is 19.7 Å². The molecule has 0 saturated heterocycles. The molecule has 3 nitrogen and oxygen atoms in total. The predicted molar refractivity (Wildman–Crippen MR) is 80.0 cm³/mol. The van der Waals surface area contributed by atoms with E-state index < -0.39 is 0 Å². The number of aryl methyl sites for hydroxylation is 2. The first-order valence-corrected chi connectivity index (χ1v) is 6.80. The third kappa shape index (κ3) is 3.81. The second-order valence-corrected chi connectivity index (χ2v) is 5.08. The van der Waals surface area contributed by atoms with Crippen molar-refractivity contribution < 1.29 is 14.3 Å². The maximum Gasteiger partial charge on any atom is 0.251 e. The molecule has 0 bridgehead atoms. The van der Waals surface area contributed by atoms with Gasteiger partial charge in [-0.05, 0) is 67.3 Å². The van der Waals surface area contributed by atoms with Gasteiger partial charge in [0, 0.05) is 12.1 Å². The Bertz CT molecular complexity index is 668. The van der Waals surface area contributed by atoms with Crippen molar-refractivity contribution in [3.63, 3.8) is 0 Å². The standard InChI is InChI=1S/C17H18FNO2/c1-11-10-15(18)5-3-13(11)7-8-19-17(21)14-4-6-16(20)12(2)9-14/h3-6,9-10,20H,7-8H2,1-2H3,(H,19,21). The van der Waals surface area contributed by atoms with Gasteiger partial charge in [-0.3, -0.25) is 4.79 Å². The fourth-order valence-corrected chi connectivity index (χ4v) is 2.15. The molecule has 21 heavy (non-hydrogen) atoms. The fraction of sp³-hybridized carbons (Fsp3) is 0.235. The first-order valence-electron chi connectivity index (χ1n) is 6.80. The normalized spacial score (nSPS) is 10.4. The molecule has 110 valence electrons. The van der Waals surface area contributed by atoms with Gasteiger partial charge in [0.2, 0.25) is 0 Å². The van der Waals surface area contributed by atoms with E-state index in [4.69, 9.17) is 0 Å². The third-order valence-corrected chi connectivity index (χ3v) is 3.44. The average molecular weight is 287 g/mol. The van der Waals surface area contributed by atoms with Gasteiger partial charge in [-0.1, -0.05) is 6.07 Å². The van der Waals surface area contributed by atoms with Crippen molar-refractivity contribution in [1.82, 2.24) is 5.32 Å². The number of carbonyl (C=O) groups is 1. The number of amides is 1. The molecule has 2 rings (SSSR count). The maximum atomic E-state index is 13.0. The number of halogens is 1. The van der Waals surface area contributed by atoms with Crippen molar-refractivity contribution in [2.24, 2.45) is 0 Å². The molecule has 4 heteroatoms. The molecule has 0 aliphatic heterocycles. The number of rotatable bonds is 4. The van der Waals surface area contributed by atoms with Crippen LogP contribution < -0.4 is 5.32 Å². The van der Waals surface area contributed by atoms with Crippen molar-refractivity contribution >= 4 is 5.91 Å². The van der Waals surface area contributed by atoms with Crippen LogP contribution in [0.2, 0.25) is 0 Å². The van der Waals surface area contributed by atoms with Crippen LogP contribution in [0.25, 0.3) is 0 Å². The predicted octanol–water partition coefficient (Wildman–Crippen LogP) is 3.12. The molecule has 0 aromatic heterocycles. The Morgan fingerprint density at radius 3 is 2.57 bits per heavy atom. The molecular weight excluding hydrogens is 269 g/mol. The van der Waals surface area contributed by atoms with Crippen LogP contribution in [0.5, 0.6) is 5.75 Å². The summed E-state index contributed by atoms with van der Waals surface area (Å²) in [6.45, 7) is 4.07. The average Bonchev–Trinajstić information content (AvgIpc) is 2.44. The topological polar surface area (TPSA) is 49.3 Å². The summed E-state index contributed by atoms with van der Waals surface area (Å²) in [5.41, 5.74) is 3.07. The molecule has 2 aromatic rings. The zero-order valence-electron chi connectivity index (χ0n) is 12.1. The van der Waals surface area contributed by atoms with Gasteiger partial charge in [0.25, 0.3) is 5.91 Å². The molecule has 0 fully saturated rings. The van der Waals surface area contributed by atoms with Gasteiger partial charge in [0.05, 0.1) is 0 Å². The van der Waals surface area contributed by atoms with E-state index in [2.05, 4.69) is 5.32 Å². The number of carbonyl (C=O) groups excluding carboxylic acids is 1. The van der Waals surface area contributed by atoms with E-state index in [9.17, 15) is 14.3 Å². The molecule has 0 saturated carbocycles. The van der Waals surface area contributed by atoms with E-state index in [0.29, 0.717) is 24.1 Å². The Hall–Kier alpha value is -2.36. The summed E-state index contributed by atoms with van der Waals surface area (Å²) < 4.78 is 13.0. The number of aromatic hydroxyl groups is 1. The van der Waals surface area contributed by atoms with E-state index in [-0.39, 0.29) is 17.5 Å². The molecule has 0 atom stereocenters. The van der Waals surface area contributed by atoms with Gasteiger partial charge in [0.15, 0.2) is 0 Å². The lowest BCUT2D eigenvalue weighted by molar-refractivity contribution is 0.0954. The molecule has 0 aliphatic carbocycles. The lowest BCUT2D eigenvalue weighted by atomic mass is 10.1. The summed E-state index contributed by atoms with van der Waals surface area (Å²) in [6.07, 6.45) is 0.648. The summed E-state index contributed by atoms with van der Waals surface area (Å²) in [5.74, 6) is -0.258. The fourth-order valence-electron chi connectivity index (χ4n) is 2.15. The van der Waals surface area contributed by atoms with E-state index in [1.54, 1.807) is 25.1 Å². The molecule has 0 aliphatic rings. The van der Waals surface area contributed by atoms with Crippen molar-refractivity contribution in [2.75, 3.05) is 6.54 Å². The third-order valence-electron chi connectivity index (χ3n) is 3.44. The minimum absolute atomic E-state index is 0.175. The van der Waals surface area contributed by atoms with Crippen LogP contribution >= 0.6 is 0 Å². The maximum absolute atomic E-state index is 13.0. The van der Waals surface area contributed by atoms with E-state index in [1.807, 2.05) is 6.92 Å². The van der Waals surface area contributed by atoms with Crippen molar-refractivity contribution in [1.29, 1.82) is 0 Å². The van der Waals surface area contributed by atoms with Crippen LogP contribution in [0.3, 0.4) is 0 Å². The number of hydrogen-bond acceptors (Lipinski definition) is 2. The van der Waals surface area contributed by atoms with Crippen molar-refractivity contribution in [3.8, 4) is 5.75 Å². The van der Waals surface area contributed by atoms with Crippen molar-refractivity contribution in [2.45, 2.75) is 20.3 Å². The molecular formula is C17H18FNO2. The summed E-state index contributed by atoms with van der Waals surface area (Å²) in [5, 5.41) is 12.3. The quantitative estimate of drug-likeness (QED) is 0.907. The van der Waals surface area contributed by atoms with Crippen LogP contribution in [0.15, 0.2) is 36.4 Å². The van der Waals surface area contributed by atoms with Gasteiger partial charge < -0.3 is 10.4 Å². The SMILES string of the molecule is Cc1cc(C(=O)NCCc2ccc(F)cc2C)ccc1O. The second kappa shape index (κ2) is 6.39. The Balaban J connectivity index is 1.93. The Kier molecular flexibility index (Phi) is 4.58. The van der Waals surface area contributed by atoms with Crippen LogP contribution in [0.4, 0.5) is 4.39 Å². The van der Waals surface area contributed by atoms with Gasteiger partial charge >= 0.3 is 0 Å². The highest BCUT2D eigenvalue weighted by Crippen LogP contribution is 2.17. The zero-order valence-corrected chi connectivity index (χ0v) is 12.1. The summed E-state index contributed by atoms with van der Waals surface area (Å²) in [6, 6.07) is 9.39. The van der Waals surface area contributed by atoms with Gasteiger partial charge in [0.1, 0.15) is 11.6 Å². The number of nitrogens with one attached hydrogen (secondary N) is 1. The highest BCUT2D eigenvalue weighted by molar-refractivity contribution is 5.94. The number of phenols is 1. The number of benzene rings is 2. The Morgan fingerprint density at radius 1 is 1.14 bits per heavy atom. The lowest BCUT2D eigenvalue weighted by Gasteiger charge is -2.08. The lowest BCUT2D eigenvalue weighted by Crippen LogP contribution is -2.25. The van der Waals surface area contributed by atoms with Gasteiger partial charge in [-0.25, -0.2) is 4.39 Å². The zero-order chi connectivity index (χ0) is 15.4. The number of hydrogen-bond donors (Lipinski definition) is 2. The highest BCUT2D eigenvalue weighted by atomic mass is 19.1. The second-order valence-electron chi connectivity index (χ2n) is 5.08. The van der Waals surface area contributed by atoms with Crippen molar-refractivity contribution in [3.05, 3.63) is 64.5 Å². The molecule has 2 N–H and O–H groups in total. The van der Waals surface area contributed by atoms with Crippen LogP contribution in [-0.4, -0.2) is 17.6 Å². The van der Waals surface area contributed by atoms with Gasteiger partial charge in [-0.15, -0.1) is 0 Å². The smallest absolute Gasteiger partial charge is 0.251 e.